The first-order valence-corrected chi connectivity index (χ1v) is 7.60. The minimum Gasteiger partial charge on any atom is -0.133 e. The molecule has 0 aromatic carbocycles. The highest BCUT2D eigenvalue weighted by Crippen LogP contribution is 2.31. The third-order valence-corrected chi connectivity index (χ3v) is 4.10. The van der Waals surface area contributed by atoms with Crippen molar-refractivity contribution in [2.24, 2.45) is 5.41 Å². The molecule has 0 rings (SSSR count). The van der Waals surface area contributed by atoms with Crippen LogP contribution in [0.5, 0.6) is 0 Å². The second kappa shape index (κ2) is 3.00. The van der Waals surface area contributed by atoms with Gasteiger partial charge in [0.15, 0.2) is 0 Å². The highest BCUT2D eigenvalue weighted by atomic mass is 28.3. The highest BCUT2D eigenvalue weighted by Gasteiger charge is 2.28. The Bertz CT molecular complexity index is 166. The summed E-state index contributed by atoms with van der Waals surface area (Å²) < 4.78 is 0. The van der Waals surface area contributed by atoms with E-state index in [-0.39, 0.29) is 5.41 Å². The normalized spacial score (nSPS) is 12.5. The van der Waals surface area contributed by atoms with Gasteiger partial charge in [-0.3, -0.25) is 0 Å². The fraction of sp³-hybridized carbons (Fsp3) is 0.700. The van der Waals surface area contributed by atoms with E-state index < -0.39 is 8.07 Å². The van der Waals surface area contributed by atoms with Gasteiger partial charge in [-0.15, -0.1) is 5.73 Å². The second-order valence-corrected chi connectivity index (χ2v) is 10.1. The lowest BCUT2D eigenvalue weighted by Gasteiger charge is -2.30. The average molecular weight is 168 g/mol. The van der Waals surface area contributed by atoms with Gasteiger partial charge in [-0.2, -0.15) is 0 Å². The maximum Gasteiger partial charge on any atom is 0.0830 e. The summed E-state index contributed by atoms with van der Waals surface area (Å²) in [5.74, 6) is 0. The summed E-state index contributed by atoms with van der Waals surface area (Å²) in [6.45, 7) is 17.5. The summed E-state index contributed by atoms with van der Waals surface area (Å²) in [6.07, 6.45) is 0. The third kappa shape index (κ3) is 3.09. The fourth-order valence-electron chi connectivity index (χ4n) is 1.66. The Morgan fingerprint density at radius 2 is 1.55 bits per heavy atom. The van der Waals surface area contributed by atoms with E-state index in [4.69, 9.17) is 0 Å². The van der Waals surface area contributed by atoms with Gasteiger partial charge >= 0.3 is 0 Å². The van der Waals surface area contributed by atoms with Gasteiger partial charge in [0.25, 0.3) is 0 Å². The molecule has 11 heavy (non-hydrogen) atoms. The van der Waals surface area contributed by atoms with Gasteiger partial charge in [0.05, 0.1) is 8.07 Å². The van der Waals surface area contributed by atoms with E-state index in [0.29, 0.717) is 0 Å². The quantitative estimate of drug-likeness (QED) is 0.414. The molecule has 0 nitrogen and oxygen atoms in total. The first kappa shape index (κ1) is 10.7. The highest BCUT2D eigenvalue weighted by molar-refractivity contribution is 6.83. The Labute approximate surface area is 72.0 Å². The van der Waals surface area contributed by atoms with Crippen LogP contribution in [0.25, 0.3) is 0 Å². The third-order valence-electron chi connectivity index (χ3n) is 1.68. The first-order chi connectivity index (χ1) is 4.69. The van der Waals surface area contributed by atoms with Crippen molar-refractivity contribution >= 4 is 8.07 Å². The Balaban J connectivity index is 4.90. The zero-order valence-corrected chi connectivity index (χ0v) is 9.71. The van der Waals surface area contributed by atoms with E-state index in [0.717, 1.165) is 0 Å². The Hall–Kier alpha value is -0.263. The summed E-state index contributed by atoms with van der Waals surface area (Å²) in [5, 5.41) is 1.44. The smallest absolute Gasteiger partial charge is 0.0830 e. The van der Waals surface area contributed by atoms with Crippen molar-refractivity contribution in [2.45, 2.75) is 40.4 Å². The van der Waals surface area contributed by atoms with Gasteiger partial charge in [-0.1, -0.05) is 47.0 Å². The second-order valence-electron chi connectivity index (χ2n) is 5.05. The molecule has 0 aromatic rings. The van der Waals surface area contributed by atoms with Crippen molar-refractivity contribution in [3.8, 4) is 0 Å². The van der Waals surface area contributed by atoms with E-state index in [1.807, 2.05) is 0 Å². The largest absolute Gasteiger partial charge is 0.133 e. The Morgan fingerprint density at radius 3 is 1.55 bits per heavy atom. The molecule has 0 aliphatic heterocycles. The van der Waals surface area contributed by atoms with Gasteiger partial charge < -0.3 is 0 Å². The van der Waals surface area contributed by atoms with Gasteiger partial charge in [0.1, 0.15) is 0 Å². The molecular weight excluding hydrogens is 148 g/mol. The average Bonchev–Trinajstić information content (AvgIpc) is 1.56. The standard InChI is InChI=1S/C10H20Si/c1-8-9(10(2,3)4)11(5,6)7/h1H2,2-7H3. The van der Waals surface area contributed by atoms with Crippen molar-refractivity contribution in [2.75, 3.05) is 0 Å². The number of rotatable bonds is 1. The van der Waals surface area contributed by atoms with Crippen molar-refractivity contribution in [1.29, 1.82) is 0 Å². The van der Waals surface area contributed by atoms with Crippen molar-refractivity contribution < 1.29 is 0 Å². The van der Waals surface area contributed by atoms with Crippen LogP contribution >= 0.6 is 0 Å². The molecule has 0 saturated carbocycles. The zero-order chi connectivity index (χ0) is 9.28. The molecule has 0 amide bonds. The molecule has 1 heteroatoms. The van der Waals surface area contributed by atoms with Crippen LogP contribution in [0.1, 0.15) is 20.8 Å². The minimum absolute atomic E-state index is 0.256. The summed E-state index contributed by atoms with van der Waals surface area (Å²) in [7, 11) is -1.18. The topological polar surface area (TPSA) is 0 Å². The summed E-state index contributed by atoms with van der Waals surface area (Å²) in [4.78, 5) is 0. The van der Waals surface area contributed by atoms with Gasteiger partial charge in [-0.05, 0) is 10.6 Å². The summed E-state index contributed by atoms with van der Waals surface area (Å²) in [5.41, 5.74) is 3.37. The van der Waals surface area contributed by atoms with Crippen LogP contribution in [-0.4, -0.2) is 8.07 Å². The van der Waals surface area contributed by atoms with Crippen LogP contribution in [0, 0.1) is 5.41 Å². The van der Waals surface area contributed by atoms with Crippen LogP contribution in [0.15, 0.2) is 17.5 Å². The van der Waals surface area contributed by atoms with Crippen LogP contribution in [0.2, 0.25) is 19.6 Å². The predicted octanol–water partition coefficient (Wildman–Crippen LogP) is 3.62. The van der Waals surface area contributed by atoms with Crippen LogP contribution in [0.4, 0.5) is 0 Å². The van der Waals surface area contributed by atoms with E-state index in [9.17, 15) is 0 Å². The molecule has 0 fully saturated rings. The lowest BCUT2D eigenvalue weighted by Crippen LogP contribution is -2.31. The van der Waals surface area contributed by atoms with Gasteiger partial charge in [-0.25, -0.2) is 0 Å². The van der Waals surface area contributed by atoms with Crippen LogP contribution < -0.4 is 0 Å². The molecule has 0 spiro atoms. The molecule has 0 unspecified atom stereocenters. The van der Waals surface area contributed by atoms with E-state index in [2.05, 4.69) is 52.7 Å². The van der Waals surface area contributed by atoms with E-state index >= 15 is 0 Å². The number of allylic oxidation sites excluding steroid dienone is 1. The molecule has 0 bridgehead atoms. The lowest BCUT2D eigenvalue weighted by molar-refractivity contribution is 0.526. The molecule has 0 aliphatic rings. The van der Waals surface area contributed by atoms with Gasteiger partial charge in [0, 0.05) is 0 Å². The van der Waals surface area contributed by atoms with Crippen molar-refractivity contribution in [1.82, 2.24) is 0 Å². The minimum atomic E-state index is -1.18. The lowest BCUT2D eigenvalue weighted by atomic mass is 9.96. The monoisotopic (exact) mass is 168 g/mol. The van der Waals surface area contributed by atoms with Crippen molar-refractivity contribution in [3.63, 3.8) is 0 Å². The molecule has 0 saturated heterocycles. The SMILES string of the molecule is C=C=C(C(C)(C)C)[Si](C)(C)C. The number of hydrogen-bond acceptors (Lipinski definition) is 0. The summed E-state index contributed by atoms with van der Waals surface area (Å²) in [6, 6.07) is 0. The predicted molar refractivity (Wildman–Crippen MR) is 55.5 cm³/mol. The molecule has 0 radical (unpaired) electrons. The van der Waals surface area contributed by atoms with Crippen molar-refractivity contribution in [3.05, 3.63) is 17.5 Å². The fourth-order valence-corrected chi connectivity index (χ4v) is 4.44. The maximum absolute atomic E-state index is 3.77. The molecule has 0 heterocycles. The summed E-state index contributed by atoms with van der Waals surface area (Å²) >= 11 is 0. The maximum atomic E-state index is 3.77. The van der Waals surface area contributed by atoms with Crippen LogP contribution in [-0.2, 0) is 0 Å². The van der Waals surface area contributed by atoms with Crippen LogP contribution in [0.3, 0.4) is 0 Å². The number of hydrogen-bond donors (Lipinski definition) is 0. The van der Waals surface area contributed by atoms with E-state index in [1.54, 1.807) is 0 Å². The van der Waals surface area contributed by atoms with Gasteiger partial charge in [0.2, 0.25) is 0 Å². The van der Waals surface area contributed by atoms with E-state index in [1.165, 1.54) is 5.20 Å². The Morgan fingerprint density at radius 1 is 1.18 bits per heavy atom. The molecule has 0 aliphatic carbocycles. The zero-order valence-electron chi connectivity index (χ0n) is 8.71. The molecule has 0 aromatic heterocycles. The molecule has 0 N–H and O–H groups in total. The Kier molecular flexibility index (Phi) is 2.93. The molecular formula is C10H20Si. The molecule has 64 valence electrons. The molecule has 0 atom stereocenters. The first-order valence-electron chi connectivity index (χ1n) is 4.10.